The summed E-state index contributed by atoms with van der Waals surface area (Å²) in [6.07, 6.45) is 0. The SMILES string of the molecule is O=S(=O)(Cl)c1ccc2sc3ccc(Br)cc3c2c1. The van der Waals surface area contributed by atoms with E-state index in [1.807, 2.05) is 18.2 Å². The molecule has 3 rings (SSSR count). The molecule has 0 amide bonds. The number of halogens is 2. The van der Waals surface area contributed by atoms with Crippen molar-refractivity contribution >= 4 is 67.2 Å². The first kappa shape index (κ1) is 12.4. The minimum atomic E-state index is -3.69. The van der Waals surface area contributed by atoms with Crippen LogP contribution in [0.5, 0.6) is 0 Å². The van der Waals surface area contributed by atoms with Crippen LogP contribution in [0.2, 0.25) is 0 Å². The van der Waals surface area contributed by atoms with E-state index in [1.54, 1.807) is 23.5 Å². The molecule has 0 bridgehead atoms. The lowest BCUT2D eigenvalue weighted by molar-refractivity contribution is 0.609. The number of thiophene rings is 1. The molecule has 18 heavy (non-hydrogen) atoms. The first-order valence-electron chi connectivity index (χ1n) is 5.02. The van der Waals surface area contributed by atoms with Crippen molar-refractivity contribution in [2.75, 3.05) is 0 Å². The molecule has 0 aliphatic carbocycles. The maximum absolute atomic E-state index is 11.4. The van der Waals surface area contributed by atoms with Gasteiger partial charge in [-0.3, -0.25) is 0 Å². The number of fused-ring (bicyclic) bond motifs is 3. The number of hydrogen-bond donors (Lipinski definition) is 0. The molecule has 0 aliphatic rings. The molecule has 0 unspecified atom stereocenters. The van der Waals surface area contributed by atoms with Gasteiger partial charge in [-0.05, 0) is 36.4 Å². The molecule has 0 saturated heterocycles. The van der Waals surface area contributed by atoms with Gasteiger partial charge in [0.1, 0.15) is 0 Å². The quantitative estimate of drug-likeness (QED) is 0.586. The summed E-state index contributed by atoms with van der Waals surface area (Å²) in [5, 5.41) is 1.95. The average Bonchev–Trinajstić information content (AvgIpc) is 2.65. The standard InChI is InChI=1S/C12H6BrClO2S2/c13-7-1-3-11-9(5-7)10-6-8(18(14,15)16)2-4-12(10)17-11/h1-6H. The predicted molar refractivity (Wildman–Crippen MR) is 80.1 cm³/mol. The fraction of sp³-hybridized carbons (Fsp3) is 0. The van der Waals surface area contributed by atoms with E-state index >= 15 is 0 Å². The summed E-state index contributed by atoms with van der Waals surface area (Å²) in [6.45, 7) is 0. The minimum Gasteiger partial charge on any atom is -0.207 e. The van der Waals surface area contributed by atoms with Crippen molar-refractivity contribution in [3.05, 3.63) is 40.9 Å². The van der Waals surface area contributed by atoms with Crippen LogP contribution in [0.4, 0.5) is 0 Å². The van der Waals surface area contributed by atoms with E-state index in [9.17, 15) is 8.42 Å². The summed E-state index contributed by atoms with van der Waals surface area (Å²) in [5.74, 6) is 0. The average molecular weight is 362 g/mol. The Morgan fingerprint density at radius 3 is 2.28 bits per heavy atom. The van der Waals surface area contributed by atoms with Gasteiger partial charge in [0.25, 0.3) is 9.05 Å². The van der Waals surface area contributed by atoms with Crippen molar-refractivity contribution < 1.29 is 8.42 Å². The Morgan fingerprint density at radius 1 is 1.00 bits per heavy atom. The van der Waals surface area contributed by atoms with Crippen LogP contribution < -0.4 is 0 Å². The van der Waals surface area contributed by atoms with Crippen molar-refractivity contribution in [1.82, 2.24) is 0 Å². The van der Waals surface area contributed by atoms with Crippen LogP contribution >= 0.6 is 37.9 Å². The van der Waals surface area contributed by atoms with Gasteiger partial charge < -0.3 is 0 Å². The van der Waals surface area contributed by atoms with E-state index in [0.29, 0.717) is 0 Å². The highest BCUT2D eigenvalue weighted by atomic mass is 79.9. The van der Waals surface area contributed by atoms with Gasteiger partial charge in [-0.25, -0.2) is 8.42 Å². The third kappa shape index (κ3) is 2.05. The number of benzene rings is 2. The zero-order chi connectivity index (χ0) is 12.9. The molecule has 0 aliphatic heterocycles. The van der Waals surface area contributed by atoms with Crippen LogP contribution in [0.3, 0.4) is 0 Å². The van der Waals surface area contributed by atoms with Gasteiger partial charge in [-0.1, -0.05) is 15.9 Å². The zero-order valence-electron chi connectivity index (χ0n) is 8.85. The Bertz CT molecular complexity index is 868. The molecule has 1 heterocycles. The molecule has 0 atom stereocenters. The van der Waals surface area contributed by atoms with E-state index in [1.165, 1.54) is 6.07 Å². The van der Waals surface area contributed by atoms with Gasteiger partial charge in [0, 0.05) is 35.3 Å². The Morgan fingerprint density at radius 2 is 1.61 bits per heavy atom. The minimum absolute atomic E-state index is 0.136. The Labute approximate surface area is 121 Å². The molecule has 2 nitrogen and oxygen atoms in total. The van der Waals surface area contributed by atoms with E-state index in [-0.39, 0.29) is 4.90 Å². The van der Waals surface area contributed by atoms with Crippen LogP contribution in [0.25, 0.3) is 20.2 Å². The molecule has 2 aromatic carbocycles. The van der Waals surface area contributed by atoms with E-state index in [4.69, 9.17) is 10.7 Å². The van der Waals surface area contributed by atoms with Crippen molar-refractivity contribution in [2.45, 2.75) is 4.90 Å². The maximum Gasteiger partial charge on any atom is 0.261 e. The summed E-state index contributed by atoms with van der Waals surface area (Å²) in [5.41, 5.74) is 0. The first-order valence-corrected chi connectivity index (χ1v) is 8.93. The van der Waals surface area contributed by atoms with Gasteiger partial charge in [-0.2, -0.15) is 0 Å². The topological polar surface area (TPSA) is 34.1 Å². The molecule has 3 aromatic rings. The molecule has 1 aromatic heterocycles. The van der Waals surface area contributed by atoms with Crippen LogP contribution in [0.15, 0.2) is 45.8 Å². The molecule has 0 spiro atoms. The monoisotopic (exact) mass is 360 g/mol. The normalized spacial score (nSPS) is 12.3. The van der Waals surface area contributed by atoms with Crippen LogP contribution in [0, 0.1) is 0 Å². The third-order valence-corrected chi connectivity index (χ3v) is 5.68. The Balaban J connectivity index is 2.45. The lowest BCUT2D eigenvalue weighted by Crippen LogP contribution is -1.88. The van der Waals surface area contributed by atoms with E-state index in [2.05, 4.69) is 15.9 Å². The predicted octanol–water partition coefficient (Wildman–Crippen LogP) is 4.74. The highest BCUT2D eigenvalue weighted by Gasteiger charge is 2.13. The molecule has 92 valence electrons. The van der Waals surface area contributed by atoms with Gasteiger partial charge >= 0.3 is 0 Å². The van der Waals surface area contributed by atoms with E-state index < -0.39 is 9.05 Å². The largest absolute Gasteiger partial charge is 0.261 e. The maximum atomic E-state index is 11.4. The van der Waals surface area contributed by atoms with E-state index in [0.717, 1.165) is 24.6 Å². The summed E-state index contributed by atoms with van der Waals surface area (Å²) in [7, 11) is 1.69. The summed E-state index contributed by atoms with van der Waals surface area (Å²) in [4.78, 5) is 0.136. The summed E-state index contributed by atoms with van der Waals surface area (Å²) >= 11 is 5.05. The summed E-state index contributed by atoms with van der Waals surface area (Å²) < 4.78 is 25.9. The second kappa shape index (κ2) is 4.20. The van der Waals surface area contributed by atoms with Gasteiger partial charge in [-0.15, -0.1) is 11.3 Å². The fourth-order valence-electron chi connectivity index (χ4n) is 1.88. The smallest absolute Gasteiger partial charge is 0.207 e. The molecular formula is C12H6BrClO2S2. The van der Waals surface area contributed by atoms with Gasteiger partial charge in [0.05, 0.1) is 4.90 Å². The van der Waals surface area contributed by atoms with Crippen LogP contribution in [0.1, 0.15) is 0 Å². The third-order valence-electron chi connectivity index (χ3n) is 2.68. The van der Waals surface area contributed by atoms with Crippen molar-refractivity contribution in [3.63, 3.8) is 0 Å². The second-order valence-electron chi connectivity index (χ2n) is 3.84. The number of hydrogen-bond acceptors (Lipinski definition) is 3. The first-order chi connectivity index (χ1) is 8.45. The van der Waals surface area contributed by atoms with Crippen LogP contribution in [-0.2, 0) is 9.05 Å². The lowest BCUT2D eigenvalue weighted by atomic mass is 10.1. The Kier molecular flexibility index (Phi) is 2.90. The Hall–Kier alpha value is -0.620. The molecule has 0 radical (unpaired) electrons. The molecule has 0 saturated carbocycles. The van der Waals surface area contributed by atoms with Crippen LogP contribution in [-0.4, -0.2) is 8.42 Å². The van der Waals surface area contributed by atoms with Crippen molar-refractivity contribution in [1.29, 1.82) is 0 Å². The number of rotatable bonds is 1. The van der Waals surface area contributed by atoms with Crippen molar-refractivity contribution in [3.8, 4) is 0 Å². The van der Waals surface area contributed by atoms with Crippen molar-refractivity contribution in [2.24, 2.45) is 0 Å². The zero-order valence-corrected chi connectivity index (χ0v) is 12.8. The molecule has 6 heteroatoms. The highest BCUT2D eigenvalue weighted by molar-refractivity contribution is 9.10. The van der Waals surface area contributed by atoms with Gasteiger partial charge in [0.2, 0.25) is 0 Å². The highest BCUT2D eigenvalue weighted by Crippen LogP contribution is 2.36. The fourth-order valence-corrected chi connectivity index (χ4v) is 4.09. The lowest BCUT2D eigenvalue weighted by Gasteiger charge is -1.97. The van der Waals surface area contributed by atoms with Gasteiger partial charge in [0.15, 0.2) is 0 Å². The summed E-state index contributed by atoms with van der Waals surface area (Å²) in [6, 6.07) is 10.9. The second-order valence-corrected chi connectivity index (χ2v) is 8.40. The molecule has 0 N–H and O–H groups in total. The molecule has 0 fully saturated rings. The molecular weight excluding hydrogens is 356 g/mol.